The zero-order chi connectivity index (χ0) is 14.0. The summed E-state index contributed by atoms with van der Waals surface area (Å²) in [4.78, 5) is 11.8. The Morgan fingerprint density at radius 3 is 2.42 bits per heavy atom. The van der Waals surface area contributed by atoms with E-state index in [0.717, 1.165) is 15.6 Å². The molecule has 4 nitrogen and oxygen atoms in total. The quantitative estimate of drug-likeness (QED) is 0.794. The van der Waals surface area contributed by atoms with Gasteiger partial charge in [0.05, 0.1) is 6.20 Å². The molecule has 0 fully saturated rings. The number of hydrogen-bond donors (Lipinski definition) is 0. The summed E-state index contributed by atoms with van der Waals surface area (Å²) < 4.78 is 7.47. The van der Waals surface area contributed by atoms with Gasteiger partial charge in [0.25, 0.3) is 0 Å². The van der Waals surface area contributed by atoms with Crippen molar-refractivity contribution in [2.24, 2.45) is 0 Å². The molecule has 0 spiro atoms. The van der Waals surface area contributed by atoms with E-state index in [1.165, 1.54) is 4.68 Å². The van der Waals surface area contributed by atoms with Crippen LogP contribution in [0.1, 0.15) is 20.8 Å². The molecule has 1 aromatic heterocycles. The van der Waals surface area contributed by atoms with Crippen molar-refractivity contribution in [3.05, 3.63) is 41.1 Å². The molecule has 19 heavy (non-hydrogen) atoms. The zero-order valence-corrected chi connectivity index (χ0v) is 12.6. The Kier molecular flexibility index (Phi) is 3.75. The standard InChI is InChI=1S/C14H15BrN2O2/c1-14(2,3)19-13(18)17-9-11(8-16-17)10-4-6-12(15)7-5-10/h4-9H,1-3H3. The molecule has 0 unspecified atom stereocenters. The first-order valence-electron chi connectivity index (χ1n) is 5.89. The monoisotopic (exact) mass is 322 g/mol. The lowest BCUT2D eigenvalue weighted by Gasteiger charge is -2.18. The van der Waals surface area contributed by atoms with Crippen molar-refractivity contribution in [1.29, 1.82) is 0 Å². The Labute approximate surface area is 120 Å². The molecular formula is C14H15BrN2O2. The Hall–Kier alpha value is -1.62. The van der Waals surface area contributed by atoms with E-state index in [1.807, 2.05) is 45.0 Å². The number of nitrogens with zero attached hydrogens (tertiary/aromatic N) is 2. The molecule has 0 radical (unpaired) electrons. The number of carbonyl (C=O) groups is 1. The van der Waals surface area contributed by atoms with Gasteiger partial charge in [-0.15, -0.1) is 0 Å². The van der Waals surface area contributed by atoms with Gasteiger partial charge < -0.3 is 4.74 Å². The van der Waals surface area contributed by atoms with Crippen LogP contribution in [0.3, 0.4) is 0 Å². The van der Waals surface area contributed by atoms with E-state index in [-0.39, 0.29) is 0 Å². The Morgan fingerprint density at radius 1 is 1.21 bits per heavy atom. The maximum Gasteiger partial charge on any atom is 0.435 e. The highest BCUT2D eigenvalue weighted by Crippen LogP contribution is 2.21. The van der Waals surface area contributed by atoms with Gasteiger partial charge in [-0.25, -0.2) is 4.79 Å². The predicted octanol–water partition coefficient (Wildman–Crippen LogP) is 4.10. The molecule has 0 saturated carbocycles. The molecule has 1 heterocycles. The second kappa shape index (κ2) is 5.17. The van der Waals surface area contributed by atoms with Crippen LogP contribution in [0.5, 0.6) is 0 Å². The fourth-order valence-electron chi connectivity index (χ4n) is 1.52. The number of benzene rings is 1. The molecule has 0 saturated heterocycles. The molecule has 0 amide bonds. The summed E-state index contributed by atoms with van der Waals surface area (Å²) in [6.07, 6.45) is 2.83. The first-order chi connectivity index (χ1) is 8.85. The fraction of sp³-hybridized carbons (Fsp3) is 0.286. The lowest BCUT2D eigenvalue weighted by Crippen LogP contribution is -2.27. The largest absolute Gasteiger partial charge is 0.442 e. The molecule has 1 aromatic carbocycles. The summed E-state index contributed by atoms with van der Waals surface area (Å²) in [6, 6.07) is 7.81. The topological polar surface area (TPSA) is 44.1 Å². The second-order valence-electron chi connectivity index (χ2n) is 5.16. The molecular weight excluding hydrogens is 308 g/mol. The van der Waals surface area contributed by atoms with Gasteiger partial charge in [0.1, 0.15) is 5.60 Å². The Balaban J connectivity index is 2.19. The highest BCUT2D eigenvalue weighted by Gasteiger charge is 2.18. The third-order valence-corrected chi connectivity index (χ3v) is 2.87. The molecule has 5 heteroatoms. The van der Waals surface area contributed by atoms with Gasteiger partial charge in [-0.1, -0.05) is 28.1 Å². The van der Waals surface area contributed by atoms with E-state index in [4.69, 9.17) is 4.74 Å². The predicted molar refractivity (Wildman–Crippen MR) is 77.0 cm³/mol. The normalized spacial score (nSPS) is 11.4. The van der Waals surface area contributed by atoms with Crippen molar-refractivity contribution in [1.82, 2.24) is 9.78 Å². The summed E-state index contributed by atoms with van der Waals surface area (Å²) in [5.41, 5.74) is 1.34. The summed E-state index contributed by atoms with van der Waals surface area (Å²) in [5, 5.41) is 4.03. The zero-order valence-electron chi connectivity index (χ0n) is 11.1. The highest BCUT2D eigenvalue weighted by atomic mass is 79.9. The Morgan fingerprint density at radius 2 is 1.84 bits per heavy atom. The van der Waals surface area contributed by atoms with E-state index in [9.17, 15) is 4.79 Å². The summed E-state index contributed by atoms with van der Waals surface area (Å²) >= 11 is 3.38. The van der Waals surface area contributed by atoms with Gasteiger partial charge in [-0.2, -0.15) is 9.78 Å². The number of halogens is 1. The lowest BCUT2D eigenvalue weighted by atomic mass is 10.1. The van der Waals surface area contributed by atoms with E-state index in [2.05, 4.69) is 21.0 Å². The molecule has 0 bridgehead atoms. The summed E-state index contributed by atoms with van der Waals surface area (Å²) in [7, 11) is 0. The third kappa shape index (κ3) is 3.67. The van der Waals surface area contributed by atoms with Crippen molar-refractivity contribution >= 4 is 22.0 Å². The van der Waals surface area contributed by atoms with Crippen LogP contribution in [0.4, 0.5) is 4.79 Å². The van der Waals surface area contributed by atoms with Crippen LogP contribution in [0.15, 0.2) is 41.1 Å². The van der Waals surface area contributed by atoms with Crippen LogP contribution in [-0.2, 0) is 4.74 Å². The van der Waals surface area contributed by atoms with Gasteiger partial charge in [0.2, 0.25) is 0 Å². The Bertz CT molecular complexity index is 582. The van der Waals surface area contributed by atoms with Crippen LogP contribution >= 0.6 is 15.9 Å². The third-order valence-electron chi connectivity index (χ3n) is 2.34. The van der Waals surface area contributed by atoms with Crippen LogP contribution in [0, 0.1) is 0 Å². The number of ether oxygens (including phenoxy) is 1. The average molecular weight is 323 g/mol. The summed E-state index contributed by atoms with van der Waals surface area (Å²) in [6.45, 7) is 5.47. The summed E-state index contributed by atoms with van der Waals surface area (Å²) in [5.74, 6) is 0. The smallest absolute Gasteiger partial charge is 0.435 e. The molecule has 2 aromatic rings. The molecule has 0 N–H and O–H groups in total. The first kappa shape index (κ1) is 13.8. The molecule has 0 aliphatic carbocycles. The van der Waals surface area contributed by atoms with Crippen molar-refractivity contribution in [2.75, 3.05) is 0 Å². The first-order valence-corrected chi connectivity index (χ1v) is 6.68. The number of carbonyl (C=O) groups excluding carboxylic acids is 1. The van der Waals surface area contributed by atoms with Gasteiger partial charge in [-0.3, -0.25) is 0 Å². The van der Waals surface area contributed by atoms with E-state index in [1.54, 1.807) is 12.4 Å². The molecule has 0 aliphatic rings. The van der Waals surface area contributed by atoms with Gasteiger partial charge in [-0.05, 0) is 38.5 Å². The minimum absolute atomic E-state index is 0.476. The molecule has 100 valence electrons. The fourth-order valence-corrected chi connectivity index (χ4v) is 1.79. The molecule has 0 aliphatic heterocycles. The number of hydrogen-bond acceptors (Lipinski definition) is 3. The minimum Gasteiger partial charge on any atom is -0.442 e. The number of aromatic nitrogens is 2. The van der Waals surface area contributed by atoms with E-state index < -0.39 is 11.7 Å². The molecule has 2 rings (SSSR count). The second-order valence-corrected chi connectivity index (χ2v) is 6.08. The maximum absolute atomic E-state index is 11.8. The average Bonchev–Trinajstić information content (AvgIpc) is 2.77. The van der Waals surface area contributed by atoms with E-state index >= 15 is 0 Å². The van der Waals surface area contributed by atoms with Crippen molar-refractivity contribution in [2.45, 2.75) is 26.4 Å². The lowest BCUT2D eigenvalue weighted by molar-refractivity contribution is 0.0514. The van der Waals surface area contributed by atoms with Gasteiger partial charge in [0.15, 0.2) is 0 Å². The highest BCUT2D eigenvalue weighted by molar-refractivity contribution is 9.10. The van der Waals surface area contributed by atoms with Crippen molar-refractivity contribution < 1.29 is 9.53 Å². The van der Waals surface area contributed by atoms with Crippen molar-refractivity contribution in [3.63, 3.8) is 0 Å². The van der Waals surface area contributed by atoms with Gasteiger partial charge in [0, 0.05) is 16.2 Å². The maximum atomic E-state index is 11.8. The van der Waals surface area contributed by atoms with Crippen LogP contribution in [-0.4, -0.2) is 21.5 Å². The van der Waals surface area contributed by atoms with Crippen molar-refractivity contribution in [3.8, 4) is 11.1 Å². The van der Waals surface area contributed by atoms with Crippen LogP contribution in [0.2, 0.25) is 0 Å². The minimum atomic E-state index is -0.527. The van der Waals surface area contributed by atoms with Gasteiger partial charge >= 0.3 is 6.09 Å². The van der Waals surface area contributed by atoms with Crippen LogP contribution in [0.25, 0.3) is 11.1 Å². The van der Waals surface area contributed by atoms with Crippen LogP contribution < -0.4 is 0 Å². The SMILES string of the molecule is CC(C)(C)OC(=O)n1cc(-c2ccc(Br)cc2)cn1. The molecule has 0 atom stereocenters. The van der Waals surface area contributed by atoms with E-state index in [0.29, 0.717) is 0 Å². The number of rotatable bonds is 1.